The van der Waals surface area contributed by atoms with Crippen LogP contribution in [0.5, 0.6) is 0 Å². The van der Waals surface area contributed by atoms with Crippen molar-refractivity contribution in [2.45, 2.75) is 59.2 Å². The summed E-state index contributed by atoms with van der Waals surface area (Å²) < 4.78 is 0. The number of rotatable bonds is 7. The number of likely N-dealkylation sites (tertiary alicyclic amines) is 1. The van der Waals surface area contributed by atoms with E-state index in [4.69, 9.17) is 10.7 Å². The van der Waals surface area contributed by atoms with Crippen LogP contribution in [0.1, 0.15) is 46.1 Å². The molecule has 1 amide bonds. The second kappa shape index (κ2) is 12.6. The van der Waals surface area contributed by atoms with Crippen LogP contribution < -0.4 is 21.3 Å². The van der Waals surface area contributed by atoms with E-state index in [1.807, 2.05) is 12.3 Å². The Kier molecular flexibility index (Phi) is 10.5. The van der Waals surface area contributed by atoms with Gasteiger partial charge in [-0.25, -0.2) is 9.98 Å². The fourth-order valence-corrected chi connectivity index (χ4v) is 4.49. The van der Waals surface area contributed by atoms with E-state index in [0.29, 0.717) is 24.5 Å². The zero-order valence-electron chi connectivity index (χ0n) is 19.9. The number of hydrogen-bond donors (Lipinski definition) is 3. The van der Waals surface area contributed by atoms with Gasteiger partial charge in [0.2, 0.25) is 5.91 Å². The van der Waals surface area contributed by atoms with Gasteiger partial charge in [-0.3, -0.25) is 9.69 Å². The average Bonchev–Trinajstić information content (AvgIpc) is 3.13. The van der Waals surface area contributed by atoms with Crippen LogP contribution in [0.4, 0.5) is 5.82 Å². The van der Waals surface area contributed by atoms with Crippen LogP contribution in [-0.4, -0.2) is 66.6 Å². The van der Waals surface area contributed by atoms with E-state index in [-0.39, 0.29) is 35.8 Å². The highest BCUT2D eigenvalue weighted by Gasteiger charge is 2.31. The molecule has 0 radical (unpaired) electrons. The molecule has 1 aromatic heterocycles. The lowest BCUT2D eigenvalue weighted by atomic mass is 9.96. The molecule has 3 heterocycles. The molecule has 0 aromatic carbocycles. The predicted octanol–water partition coefficient (Wildman–Crippen LogP) is 2.19. The van der Waals surface area contributed by atoms with Crippen molar-refractivity contribution in [1.82, 2.24) is 20.5 Å². The van der Waals surface area contributed by atoms with Gasteiger partial charge in [0.15, 0.2) is 5.96 Å². The molecular weight excluding hydrogens is 517 g/mol. The van der Waals surface area contributed by atoms with E-state index in [2.05, 4.69) is 59.2 Å². The molecule has 0 bridgehead atoms. The van der Waals surface area contributed by atoms with E-state index < -0.39 is 0 Å². The highest BCUT2D eigenvalue weighted by atomic mass is 127. The summed E-state index contributed by atoms with van der Waals surface area (Å²) in [5, 5.41) is 7.05. The molecule has 2 aliphatic heterocycles. The number of anilines is 1. The number of hydrogen-bond acceptors (Lipinski definition) is 5. The summed E-state index contributed by atoms with van der Waals surface area (Å²) in [5.74, 6) is 2.18. The summed E-state index contributed by atoms with van der Waals surface area (Å²) in [6, 6.07) is 5.01. The van der Waals surface area contributed by atoms with Crippen LogP contribution >= 0.6 is 24.0 Å². The van der Waals surface area contributed by atoms with Crippen LogP contribution in [0.3, 0.4) is 0 Å². The number of pyridine rings is 1. The SMILES string of the molecule is CCNC(=NCc1cccnc1N1CCC(C(N)=O)CC1)NC1CN(C(C)C)CC1C.I. The van der Waals surface area contributed by atoms with Gasteiger partial charge in [0.25, 0.3) is 0 Å². The second-order valence-electron chi connectivity index (χ2n) is 9.12. The van der Waals surface area contributed by atoms with Gasteiger partial charge in [0, 0.05) is 62.5 Å². The number of aliphatic imine (C=N–C) groups is 1. The van der Waals surface area contributed by atoms with Crippen LogP contribution in [-0.2, 0) is 11.3 Å². The Hall–Kier alpha value is -1.62. The fourth-order valence-electron chi connectivity index (χ4n) is 4.49. The second-order valence-corrected chi connectivity index (χ2v) is 9.12. The molecule has 4 N–H and O–H groups in total. The third-order valence-corrected chi connectivity index (χ3v) is 6.51. The average molecular weight is 558 g/mol. The van der Waals surface area contributed by atoms with Gasteiger partial charge in [0.05, 0.1) is 6.54 Å². The molecule has 0 saturated carbocycles. The van der Waals surface area contributed by atoms with Crippen molar-refractivity contribution >= 4 is 41.7 Å². The zero-order chi connectivity index (χ0) is 22.4. The van der Waals surface area contributed by atoms with Crippen LogP contribution in [0.25, 0.3) is 0 Å². The first-order valence-corrected chi connectivity index (χ1v) is 11.7. The largest absolute Gasteiger partial charge is 0.369 e. The number of primary amides is 1. The number of amides is 1. The monoisotopic (exact) mass is 557 g/mol. The molecule has 2 atom stereocenters. The van der Waals surface area contributed by atoms with E-state index in [1.165, 1.54) is 0 Å². The number of carbonyl (C=O) groups excluding carboxylic acids is 1. The van der Waals surface area contributed by atoms with Crippen molar-refractivity contribution in [1.29, 1.82) is 0 Å². The highest BCUT2D eigenvalue weighted by molar-refractivity contribution is 14.0. The summed E-state index contributed by atoms with van der Waals surface area (Å²) in [7, 11) is 0. The number of halogens is 1. The first-order valence-electron chi connectivity index (χ1n) is 11.7. The van der Waals surface area contributed by atoms with Gasteiger partial charge in [0.1, 0.15) is 5.82 Å². The lowest BCUT2D eigenvalue weighted by Gasteiger charge is -2.32. The van der Waals surface area contributed by atoms with Crippen molar-refractivity contribution in [3.8, 4) is 0 Å². The summed E-state index contributed by atoms with van der Waals surface area (Å²) >= 11 is 0. The molecule has 32 heavy (non-hydrogen) atoms. The Morgan fingerprint density at radius 2 is 2.03 bits per heavy atom. The minimum atomic E-state index is -0.191. The third-order valence-electron chi connectivity index (χ3n) is 6.51. The van der Waals surface area contributed by atoms with Gasteiger partial charge < -0.3 is 21.3 Å². The Bertz CT molecular complexity index is 764. The van der Waals surface area contributed by atoms with Crippen molar-refractivity contribution in [3.05, 3.63) is 23.9 Å². The normalized spacial score (nSPS) is 22.7. The van der Waals surface area contributed by atoms with Crippen molar-refractivity contribution in [2.24, 2.45) is 22.6 Å². The Morgan fingerprint density at radius 1 is 1.31 bits per heavy atom. The molecule has 0 spiro atoms. The maximum absolute atomic E-state index is 11.5. The Labute approximate surface area is 209 Å². The van der Waals surface area contributed by atoms with Crippen LogP contribution in [0.2, 0.25) is 0 Å². The molecule has 3 rings (SSSR count). The quantitative estimate of drug-likeness (QED) is 0.270. The molecule has 0 aliphatic carbocycles. The first kappa shape index (κ1) is 26.6. The molecule has 9 heteroatoms. The number of nitrogens with one attached hydrogen (secondary N) is 2. The Morgan fingerprint density at radius 3 is 2.62 bits per heavy atom. The van der Waals surface area contributed by atoms with Gasteiger partial charge in [-0.15, -0.1) is 24.0 Å². The van der Waals surface area contributed by atoms with E-state index in [1.54, 1.807) is 0 Å². The summed E-state index contributed by atoms with van der Waals surface area (Å²) in [5.41, 5.74) is 6.58. The minimum absolute atomic E-state index is 0. The van der Waals surface area contributed by atoms with Crippen LogP contribution in [0.15, 0.2) is 23.3 Å². The molecule has 2 saturated heterocycles. The standard InChI is InChI=1S/C23H39N7O.HI/c1-5-25-23(28-20-15-30(16(2)3)14-17(20)4)27-13-19-7-6-10-26-22(19)29-11-8-18(9-12-29)21(24)31;/h6-7,10,16-18,20H,5,8-9,11-15H2,1-4H3,(H2,24,31)(H2,25,27,28);1H. The van der Waals surface area contributed by atoms with Gasteiger partial charge in [-0.05, 0) is 45.6 Å². The first-order chi connectivity index (χ1) is 14.9. The van der Waals surface area contributed by atoms with Crippen LogP contribution in [0, 0.1) is 11.8 Å². The van der Waals surface area contributed by atoms with Crippen molar-refractivity contribution < 1.29 is 4.79 Å². The van der Waals surface area contributed by atoms with E-state index in [9.17, 15) is 4.79 Å². The maximum Gasteiger partial charge on any atom is 0.220 e. The molecule has 2 fully saturated rings. The van der Waals surface area contributed by atoms with E-state index >= 15 is 0 Å². The predicted molar refractivity (Wildman–Crippen MR) is 141 cm³/mol. The number of nitrogens with zero attached hydrogens (tertiary/aromatic N) is 4. The van der Waals surface area contributed by atoms with Crippen molar-refractivity contribution in [3.63, 3.8) is 0 Å². The molecule has 1 aromatic rings. The molecular formula is C23H40IN7O. The van der Waals surface area contributed by atoms with Gasteiger partial charge in [-0.1, -0.05) is 13.0 Å². The molecule has 8 nitrogen and oxygen atoms in total. The van der Waals surface area contributed by atoms with E-state index in [0.717, 1.165) is 62.9 Å². The maximum atomic E-state index is 11.5. The molecule has 180 valence electrons. The number of guanidine groups is 1. The number of aromatic nitrogens is 1. The minimum Gasteiger partial charge on any atom is -0.369 e. The molecule has 2 unspecified atom stereocenters. The number of piperidine rings is 1. The number of carbonyl (C=O) groups is 1. The topological polar surface area (TPSA) is 98.9 Å². The summed E-state index contributed by atoms with van der Waals surface area (Å²) in [6.07, 6.45) is 3.39. The number of nitrogens with two attached hydrogens (primary N) is 1. The fraction of sp³-hybridized carbons (Fsp3) is 0.696. The Balaban J connectivity index is 0.00000363. The third kappa shape index (κ3) is 6.94. The lowest BCUT2D eigenvalue weighted by Crippen LogP contribution is -2.46. The zero-order valence-corrected chi connectivity index (χ0v) is 22.2. The highest BCUT2D eigenvalue weighted by Crippen LogP contribution is 2.25. The van der Waals surface area contributed by atoms with Crippen molar-refractivity contribution in [2.75, 3.05) is 37.6 Å². The summed E-state index contributed by atoms with van der Waals surface area (Å²) in [4.78, 5) is 25.8. The van der Waals surface area contributed by atoms with Gasteiger partial charge in [-0.2, -0.15) is 0 Å². The smallest absolute Gasteiger partial charge is 0.220 e. The lowest BCUT2D eigenvalue weighted by molar-refractivity contribution is -0.122. The van der Waals surface area contributed by atoms with Gasteiger partial charge >= 0.3 is 0 Å². The molecule has 2 aliphatic rings. The summed E-state index contributed by atoms with van der Waals surface area (Å²) in [6.45, 7) is 14.0.